The number of halogens is 1. The first-order valence-electron chi connectivity index (χ1n) is 8.13. The Kier molecular flexibility index (Phi) is 5.06. The number of rotatable bonds is 3. The predicted octanol–water partition coefficient (Wildman–Crippen LogP) is 6.63. The van der Waals surface area contributed by atoms with Crippen LogP contribution in [0.2, 0.25) is 17.1 Å². The van der Waals surface area contributed by atoms with Gasteiger partial charge in [0.25, 0.3) is 0 Å². The highest BCUT2D eigenvalue weighted by Gasteiger charge is 2.50. The van der Waals surface area contributed by atoms with Gasteiger partial charge in [-0.15, -0.1) is 0 Å². The minimum atomic E-state index is -1.73. The molecular weight excluding hydrogens is 340 g/mol. The molecule has 0 bridgehead atoms. The lowest BCUT2D eigenvalue weighted by atomic mass is 9.99. The van der Waals surface area contributed by atoms with E-state index >= 15 is 0 Å². The molecule has 1 aromatic rings. The van der Waals surface area contributed by atoms with Gasteiger partial charge in [0, 0.05) is 4.47 Å². The summed E-state index contributed by atoms with van der Waals surface area (Å²) < 4.78 is 8.11. The van der Waals surface area contributed by atoms with Crippen molar-refractivity contribution in [2.75, 3.05) is 0 Å². The molecule has 2 rings (SSSR count). The van der Waals surface area contributed by atoms with Gasteiger partial charge in [0.2, 0.25) is 0 Å². The van der Waals surface area contributed by atoms with E-state index in [1.54, 1.807) is 0 Å². The summed E-state index contributed by atoms with van der Waals surface area (Å²) >= 11 is 3.52. The van der Waals surface area contributed by atoms with Gasteiger partial charge in [-0.25, -0.2) is 0 Å². The molecule has 1 nitrogen and oxygen atoms in total. The second-order valence-corrected chi connectivity index (χ2v) is 13.5. The fourth-order valence-corrected chi connectivity index (χ4v) is 8.79. The zero-order chi connectivity index (χ0) is 15.7. The summed E-state index contributed by atoms with van der Waals surface area (Å²) in [6.07, 6.45) is 4.08. The molecule has 0 unspecified atom stereocenters. The Bertz CT molecular complexity index is 467. The van der Waals surface area contributed by atoms with Gasteiger partial charge in [0.05, 0.1) is 5.60 Å². The molecule has 1 aromatic carbocycles. The predicted molar refractivity (Wildman–Crippen MR) is 97.2 cm³/mol. The van der Waals surface area contributed by atoms with Gasteiger partial charge in [-0.05, 0) is 48.7 Å². The summed E-state index contributed by atoms with van der Waals surface area (Å²) in [6.45, 7) is 11.7. The number of hydrogen-bond acceptors (Lipinski definition) is 1. The first kappa shape index (κ1) is 17.2. The molecule has 3 heteroatoms. The molecule has 1 fully saturated rings. The molecule has 21 heavy (non-hydrogen) atoms. The Labute approximate surface area is 139 Å². The quantitative estimate of drug-likeness (QED) is 0.543. The molecule has 0 aromatic heterocycles. The Hall–Kier alpha value is -0.123. The zero-order valence-electron chi connectivity index (χ0n) is 14.1. The van der Waals surface area contributed by atoms with Crippen LogP contribution in [0.4, 0.5) is 0 Å². The topological polar surface area (TPSA) is 9.23 Å². The van der Waals surface area contributed by atoms with Crippen molar-refractivity contribution in [1.82, 2.24) is 0 Å². The summed E-state index contributed by atoms with van der Waals surface area (Å²) in [4.78, 5) is 0. The molecule has 0 saturated carbocycles. The van der Waals surface area contributed by atoms with Crippen molar-refractivity contribution in [1.29, 1.82) is 0 Å². The molecule has 0 spiro atoms. The van der Waals surface area contributed by atoms with Crippen molar-refractivity contribution >= 4 is 24.2 Å². The van der Waals surface area contributed by atoms with Gasteiger partial charge in [-0.1, -0.05) is 68.1 Å². The standard InChI is InChI=1S/C18H29BrOSi/c1-17(2,3)21(13-7-6-8-14-21)20-18(4,5)15-9-11-16(19)12-10-15/h9-12H,6-8,13-14H2,1-5H3. The fourth-order valence-electron chi connectivity index (χ4n) is 3.53. The maximum atomic E-state index is 6.98. The van der Waals surface area contributed by atoms with E-state index in [0.29, 0.717) is 5.04 Å². The van der Waals surface area contributed by atoms with E-state index in [1.165, 1.54) is 36.9 Å². The van der Waals surface area contributed by atoms with Gasteiger partial charge in [-0.3, -0.25) is 0 Å². The molecule has 1 aliphatic heterocycles. The van der Waals surface area contributed by atoms with E-state index in [9.17, 15) is 0 Å². The third-order valence-corrected chi connectivity index (χ3v) is 11.5. The van der Waals surface area contributed by atoms with Gasteiger partial charge in [0.15, 0.2) is 8.32 Å². The summed E-state index contributed by atoms with van der Waals surface area (Å²) in [5.74, 6) is 0. The molecule has 0 atom stereocenters. The summed E-state index contributed by atoms with van der Waals surface area (Å²) in [7, 11) is -1.73. The molecule has 1 aliphatic rings. The highest BCUT2D eigenvalue weighted by atomic mass is 79.9. The van der Waals surface area contributed by atoms with Crippen molar-refractivity contribution < 1.29 is 4.43 Å². The SMILES string of the molecule is CC(C)(O[Si]1(C(C)(C)C)CCCCC1)c1ccc(Br)cc1. The highest BCUT2D eigenvalue weighted by Crippen LogP contribution is 2.50. The third-order valence-electron chi connectivity index (χ3n) is 5.02. The second kappa shape index (κ2) is 6.17. The molecule has 1 saturated heterocycles. The van der Waals surface area contributed by atoms with Crippen LogP contribution in [0, 0.1) is 0 Å². The Morgan fingerprint density at radius 1 is 0.905 bits per heavy atom. The van der Waals surface area contributed by atoms with Crippen molar-refractivity contribution in [3.8, 4) is 0 Å². The first-order chi connectivity index (χ1) is 9.66. The van der Waals surface area contributed by atoms with E-state index in [0.717, 1.165) is 4.47 Å². The zero-order valence-corrected chi connectivity index (χ0v) is 16.7. The first-order valence-corrected chi connectivity index (χ1v) is 11.2. The lowest BCUT2D eigenvalue weighted by molar-refractivity contribution is 0.0826. The van der Waals surface area contributed by atoms with Crippen molar-refractivity contribution in [3.63, 3.8) is 0 Å². The minimum absolute atomic E-state index is 0.197. The molecule has 0 N–H and O–H groups in total. The third kappa shape index (κ3) is 3.80. The van der Waals surface area contributed by atoms with E-state index < -0.39 is 8.32 Å². The van der Waals surface area contributed by atoms with Crippen LogP contribution >= 0.6 is 15.9 Å². The van der Waals surface area contributed by atoms with Crippen LogP contribution in [0.15, 0.2) is 28.7 Å². The van der Waals surface area contributed by atoms with E-state index in [-0.39, 0.29) is 5.60 Å². The lowest BCUT2D eigenvalue weighted by Crippen LogP contribution is -2.52. The maximum Gasteiger partial charge on any atom is 0.199 e. The average molecular weight is 369 g/mol. The molecule has 1 heterocycles. The van der Waals surface area contributed by atoms with Crippen LogP contribution in [0.3, 0.4) is 0 Å². The summed E-state index contributed by atoms with van der Waals surface area (Å²) in [6, 6.07) is 11.3. The van der Waals surface area contributed by atoms with E-state index in [2.05, 4.69) is 74.8 Å². The van der Waals surface area contributed by atoms with Crippen LogP contribution in [0.5, 0.6) is 0 Å². The molecule has 0 aliphatic carbocycles. The highest BCUT2D eigenvalue weighted by molar-refractivity contribution is 9.10. The smallest absolute Gasteiger partial charge is 0.199 e. The number of hydrogen-bond donors (Lipinski definition) is 0. The molecular formula is C18H29BrOSi. The van der Waals surface area contributed by atoms with Crippen LogP contribution < -0.4 is 0 Å². The summed E-state index contributed by atoms with van der Waals surface area (Å²) in [5.41, 5.74) is 1.09. The van der Waals surface area contributed by atoms with Gasteiger partial charge < -0.3 is 4.43 Å². The Balaban J connectivity index is 2.28. The average Bonchev–Trinajstić information content (AvgIpc) is 2.38. The van der Waals surface area contributed by atoms with Crippen LogP contribution in [0.1, 0.15) is 59.4 Å². The minimum Gasteiger partial charge on any atom is -0.407 e. The van der Waals surface area contributed by atoms with Crippen molar-refractivity contribution in [2.24, 2.45) is 0 Å². The lowest BCUT2D eigenvalue weighted by Gasteiger charge is -2.49. The molecule has 118 valence electrons. The normalized spacial score (nSPS) is 19.5. The van der Waals surface area contributed by atoms with Crippen LogP contribution in [-0.4, -0.2) is 8.32 Å². The van der Waals surface area contributed by atoms with Crippen molar-refractivity contribution in [3.05, 3.63) is 34.3 Å². The van der Waals surface area contributed by atoms with Gasteiger partial charge in [-0.2, -0.15) is 0 Å². The summed E-state index contributed by atoms with van der Waals surface area (Å²) in [5, 5.41) is 0.306. The molecule has 0 amide bonds. The maximum absolute atomic E-state index is 6.98. The Morgan fingerprint density at radius 3 is 1.90 bits per heavy atom. The van der Waals surface area contributed by atoms with Gasteiger partial charge >= 0.3 is 0 Å². The largest absolute Gasteiger partial charge is 0.407 e. The van der Waals surface area contributed by atoms with Crippen LogP contribution in [0.25, 0.3) is 0 Å². The molecule has 0 radical (unpaired) electrons. The second-order valence-electron chi connectivity index (χ2n) is 7.92. The fraction of sp³-hybridized carbons (Fsp3) is 0.667. The van der Waals surface area contributed by atoms with Crippen LogP contribution in [-0.2, 0) is 10.0 Å². The van der Waals surface area contributed by atoms with Crippen molar-refractivity contribution in [2.45, 2.75) is 76.6 Å². The van der Waals surface area contributed by atoms with E-state index in [1.807, 2.05) is 0 Å². The number of benzene rings is 1. The monoisotopic (exact) mass is 368 g/mol. The Morgan fingerprint density at radius 2 is 1.43 bits per heavy atom. The van der Waals surface area contributed by atoms with E-state index in [4.69, 9.17) is 4.43 Å². The van der Waals surface area contributed by atoms with Gasteiger partial charge in [0.1, 0.15) is 0 Å².